The maximum absolute atomic E-state index is 6.48. The topological polar surface area (TPSA) is 57.8 Å². The third-order valence-corrected chi connectivity index (χ3v) is 7.92. The van der Waals surface area contributed by atoms with Crippen molar-refractivity contribution in [2.75, 3.05) is 10.2 Å². The Bertz CT molecular complexity index is 1820. The summed E-state index contributed by atoms with van der Waals surface area (Å²) >= 11 is 12.8. The van der Waals surface area contributed by atoms with E-state index in [1.165, 1.54) is 0 Å². The Labute approximate surface area is 242 Å². The number of para-hydroxylation sites is 3. The molecule has 0 amide bonds. The third-order valence-electron chi connectivity index (χ3n) is 7.26. The first-order valence-electron chi connectivity index (χ1n) is 13.0. The van der Waals surface area contributed by atoms with Gasteiger partial charge in [-0.1, -0.05) is 71.7 Å². The predicted octanol–water partition coefficient (Wildman–Crippen LogP) is 8.59. The number of halogens is 2. The van der Waals surface area contributed by atoms with Crippen molar-refractivity contribution in [3.05, 3.63) is 129 Å². The van der Waals surface area contributed by atoms with Crippen LogP contribution < -0.4 is 10.2 Å². The molecule has 0 saturated carbocycles. The first kappa shape index (κ1) is 24.6. The van der Waals surface area contributed by atoms with Crippen molar-refractivity contribution < 1.29 is 0 Å². The summed E-state index contributed by atoms with van der Waals surface area (Å²) in [5, 5.41) is 9.86. The summed E-state index contributed by atoms with van der Waals surface area (Å²) in [4.78, 5) is 12.6. The summed E-state index contributed by atoms with van der Waals surface area (Å²) in [5.41, 5.74) is 7.60. The first-order valence-corrected chi connectivity index (χ1v) is 13.7. The maximum atomic E-state index is 6.48. The Hall–Kier alpha value is -4.39. The van der Waals surface area contributed by atoms with Crippen molar-refractivity contribution in [1.82, 2.24) is 9.78 Å². The second-order valence-corrected chi connectivity index (χ2v) is 10.7. The molecular weight excluding hydrogens is 539 g/mol. The fourth-order valence-electron chi connectivity index (χ4n) is 5.31. The highest BCUT2D eigenvalue weighted by molar-refractivity contribution is 6.51. The van der Waals surface area contributed by atoms with Crippen LogP contribution in [0.4, 0.5) is 22.9 Å². The number of nitrogens with one attached hydrogen (secondary N) is 1. The summed E-state index contributed by atoms with van der Waals surface area (Å²) in [6, 6.07) is 31.9. The number of aromatic nitrogens is 2. The van der Waals surface area contributed by atoms with Crippen molar-refractivity contribution in [1.29, 1.82) is 0 Å². The number of fused-ring (bicyclic) bond motifs is 4. The van der Waals surface area contributed by atoms with Gasteiger partial charge >= 0.3 is 0 Å². The minimum atomic E-state index is -0.215. The van der Waals surface area contributed by atoms with Crippen LogP contribution in [-0.2, 0) is 0 Å². The number of benzene rings is 4. The summed E-state index contributed by atoms with van der Waals surface area (Å²) in [7, 11) is 0. The van der Waals surface area contributed by atoms with Crippen molar-refractivity contribution in [3.63, 3.8) is 0 Å². The third kappa shape index (κ3) is 4.08. The van der Waals surface area contributed by atoms with Crippen LogP contribution in [0.1, 0.15) is 28.4 Å². The van der Waals surface area contributed by atoms with Gasteiger partial charge < -0.3 is 10.2 Å². The van der Waals surface area contributed by atoms with Crippen LogP contribution in [0, 0.1) is 13.8 Å². The van der Waals surface area contributed by atoms with Crippen LogP contribution in [0.5, 0.6) is 0 Å². The van der Waals surface area contributed by atoms with Crippen molar-refractivity contribution in [2.45, 2.75) is 19.9 Å². The van der Waals surface area contributed by atoms with E-state index in [2.05, 4.69) is 28.4 Å². The molecule has 0 fully saturated rings. The number of anilines is 2. The highest BCUT2D eigenvalue weighted by atomic mass is 35.5. The van der Waals surface area contributed by atoms with E-state index >= 15 is 0 Å². The largest absolute Gasteiger partial charge is 0.337 e. The van der Waals surface area contributed by atoms with Gasteiger partial charge in [-0.05, 0) is 73.5 Å². The van der Waals surface area contributed by atoms with E-state index in [-0.39, 0.29) is 6.04 Å². The number of hydrogen-bond acceptors (Lipinski definition) is 5. The van der Waals surface area contributed by atoms with Crippen molar-refractivity contribution >= 4 is 57.8 Å². The molecule has 0 aliphatic carbocycles. The zero-order valence-electron chi connectivity index (χ0n) is 21.8. The van der Waals surface area contributed by atoms with Crippen LogP contribution in [0.15, 0.2) is 107 Å². The SMILES string of the molecule is Cc1ccc(NC2=Nc3ccccc3N3C2=Nc2c(c(C)nn2-c2ccccc2)[C@H]3c2ccc(Cl)cc2)cc1Cl. The molecule has 0 unspecified atom stereocenters. The average molecular weight is 563 g/mol. The summed E-state index contributed by atoms with van der Waals surface area (Å²) in [6.45, 7) is 4.03. The van der Waals surface area contributed by atoms with Crippen molar-refractivity contribution in [3.8, 4) is 5.69 Å². The van der Waals surface area contributed by atoms with Gasteiger partial charge in [0.2, 0.25) is 0 Å². The van der Waals surface area contributed by atoms with Crippen LogP contribution in [-0.4, -0.2) is 21.5 Å². The summed E-state index contributed by atoms with van der Waals surface area (Å²) < 4.78 is 1.92. The number of aryl methyl sites for hydroxylation is 2. The van der Waals surface area contributed by atoms with Gasteiger partial charge in [0.25, 0.3) is 0 Å². The maximum Gasteiger partial charge on any atom is 0.179 e. The van der Waals surface area contributed by atoms with E-state index in [1.54, 1.807) is 0 Å². The molecule has 40 heavy (non-hydrogen) atoms. The molecule has 1 atom stereocenters. The number of nitrogens with zero attached hydrogens (tertiary/aromatic N) is 5. The lowest BCUT2D eigenvalue weighted by Crippen LogP contribution is -2.46. The van der Waals surface area contributed by atoms with Gasteiger partial charge in [0, 0.05) is 21.3 Å². The van der Waals surface area contributed by atoms with Crippen LogP contribution >= 0.6 is 23.2 Å². The summed E-state index contributed by atoms with van der Waals surface area (Å²) in [5.74, 6) is 2.09. The highest BCUT2D eigenvalue weighted by Gasteiger charge is 2.41. The molecule has 7 rings (SSSR count). The molecule has 6 nitrogen and oxygen atoms in total. The molecule has 5 aromatic rings. The average Bonchev–Trinajstić information content (AvgIpc) is 3.31. The van der Waals surface area contributed by atoms with E-state index in [0.717, 1.165) is 51.0 Å². The molecular formula is C32H24Cl2N6. The minimum Gasteiger partial charge on any atom is -0.337 e. The first-order chi connectivity index (χ1) is 19.5. The monoisotopic (exact) mass is 562 g/mol. The Morgan fingerprint density at radius 3 is 2.33 bits per heavy atom. The molecule has 2 aliphatic heterocycles. The molecule has 4 aromatic carbocycles. The van der Waals surface area contributed by atoms with E-state index in [9.17, 15) is 0 Å². The van der Waals surface area contributed by atoms with E-state index < -0.39 is 0 Å². The smallest absolute Gasteiger partial charge is 0.179 e. The Kier molecular flexibility index (Phi) is 5.95. The number of amidine groups is 2. The molecule has 1 N–H and O–H groups in total. The highest BCUT2D eigenvalue weighted by Crippen LogP contribution is 2.48. The lowest BCUT2D eigenvalue weighted by Gasteiger charge is -2.40. The zero-order chi connectivity index (χ0) is 27.4. The quantitative estimate of drug-likeness (QED) is 0.239. The van der Waals surface area contributed by atoms with Crippen LogP contribution in [0.2, 0.25) is 10.0 Å². The number of rotatable bonds is 3. The lowest BCUT2D eigenvalue weighted by atomic mass is 9.93. The standard InChI is InChI=1S/C32H24Cl2N6/c1-19-12-17-23(18-25(19)34)35-30-32-37-31-28(20(2)38-40(31)24-8-4-3-5-9-24)29(21-13-15-22(33)16-14-21)39(32)27-11-7-6-10-26(27)36-30/h3-18,29H,1-2H3,(H,35,36)/t29-/m1/s1. The minimum absolute atomic E-state index is 0.215. The van der Waals surface area contributed by atoms with Crippen LogP contribution in [0.25, 0.3) is 5.69 Å². The van der Waals surface area contributed by atoms with Gasteiger partial charge in [-0.25, -0.2) is 14.7 Å². The fourth-order valence-corrected chi connectivity index (χ4v) is 5.62. The summed E-state index contributed by atoms with van der Waals surface area (Å²) in [6.07, 6.45) is 0. The predicted molar refractivity (Wildman–Crippen MR) is 165 cm³/mol. The van der Waals surface area contributed by atoms with E-state index in [0.29, 0.717) is 21.7 Å². The molecule has 196 valence electrons. The molecule has 0 spiro atoms. The normalized spacial score (nSPS) is 15.5. The molecule has 1 aromatic heterocycles. The second-order valence-electron chi connectivity index (χ2n) is 9.87. The Morgan fingerprint density at radius 2 is 1.55 bits per heavy atom. The van der Waals surface area contributed by atoms with Gasteiger partial charge in [-0.2, -0.15) is 5.10 Å². The van der Waals surface area contributed by atoms with Crippen LogP contribution in [0.3, 0.4) is 0 Å². The molecule has 0 saturated heterocycles. The molecule has 2 aliphatic rings. The lowest BCUT2D eigenvalue weighted by molar-refractivity contribution is 0.815. The van der Waals surface area contributed by atoms with Gasteiger partial charge in [0.15, 0.2) is 17.5 Å². The zero-order valence-corrected chi connectivity index (χ0v) is 23.3. The molecule has 8 heteroatoms. The molecule has 0 bridgehead atoms. The fraction of sp³-hybridized carbons (Fsp3) is 0.0938. The number of hydrogen-bond donors (Lipinski definition) is 1. The number of aliphatic imine (C=N–C) groups is 2. The Balaban J connectivity index is 1.49. The van der Waals surface area contributed by atoms with Gasteiger partial charge in [-0.3, -0.25) is 0 Å². The molecule has 0 radical (unpaired) electrons. The second kappa shape index (κ2) is 9.66. The Morgan fingerprint density at radius 1 is 0.800 bits per heavy atom. The van der Waals surface area contributed by atoms with E-state index in [4.69, 9.17) is 38.3 Å². The van der Waals surface area contributed by atoms with Crippen molar-refractivity contribution in [2.24, 2.45) is 9.98 Å². The molecule has 3 heterocycles. The van der Waals surface area contributed by atoms with Gasteiger partial charge in [0.1, 0.15) is 0 Å². The van der Waals surface area contributed by atoms with E-state index in [1.807, 2.05) is 97.4 Å². The van der Waals surface area contributed by atoms with Gasteiger partial charge in [-0.15, -0.1) is 0 Å². The van der Waals surface area contributed by atoms with Gasteiger partial charge in [0.05, 0.1) is 28.8 Å².